The van der Waals surface area contributed by atoms with Crippen LogP contribution in [0.2, 0.25) is 0 Å². The van der Waals surface area contributed by atoms with Crippen molar-refractivity contribution in [3.63, 3.8) is 0 Å². The van der Waals surface area contributed by atoms with Gasteiger partial charge in [0.1, 0.15) is 5.75 Å². The van der Waals surface area contributed by atoms with Crippen LogP contribution in [0.4, 0.5) is 91.7 Å². The molecule has 0 bridgehead atoms. The molecule has 242 valence electrons. The van der Waals surface area contributed by atoms with E-state index in [0.717, 1.165) is 5.69 Å². The van der Waals surface area contributed by atoms with Crippen LogP contribution in [0.3, 0.4) is 0 Å². The van der Waals surface area contributed by atoms with Crippen LogP contribution in [-0.4, -0.2) is 61.9 Å². The summed E-state index contributed by atoms with van der Waals surface area (Å²) >= 11 is 0. The molecule has 0 aliphatic carbocycles. The van der Waals surface area contributed by atoms with E-state index < -0.39 is 53.6 Å². The van der Waals surface area contributed by atoms with Crippen molar-refractivity contribution < 1.29 is 79.4 Å². The lowest BCUT2D eigenvalue weighted by molar-refractivity contribution is -0.471. The van der Waals surface area contributed by atoms with Gasteiger partial charge in [-0.05, 0) is 48.5 Å². The largest absolute Gasteiger partial charge is 0.471 e. The number of nitrogens with zero attached hydrogens (tertiary/aromatic N) is 3. The van der Waals surface area contributed by atoms with Gasteiger partial charge in [-0.15, -0.1) is 0 Å². The fraction of sp³-hybridized carbons (Fsp3) is 0.455. The minimum absolute atomic E-state index is 0.232. The third-order valence-corrected chi connectivity index (χ3v) is 5.42. The average molecular weight is 659 g/mol. The number of benzene rings is 2. The molecule has 43 heavy (non-hydrogen) atoms. The Bertz CT molecular complexity index is 1290. The molecule has 2 aromatic rings. The zero-order valence-corrected chi connectivity index (χ0v) is 20.8. The van der Waals surface area contributed by atoms with Crippen LogP contribution in [-0.2, 0) is 0 Å². The zero-order valence-electron chi connectivity index (χ0n) is 20.8. The fourth-order valence-electron chi connectivity index (χ4n) is 2.88. The molecule has 0 aliphatic rings. The van der Waals surface area contributed by atoms with E-state index in [1.165, 1.54) is 12.1 Å². The van der Waals surface area contributed by atoms with Gasteiger partial charge in [0, 0.05) is 19.8 Å². The topological polar surface area (TPSA) is 37.2 Å². The summed E-state index contributed by atoms with van der Waals surface area (Å²) in [6.07, 6.45) is -14.8. The van der Waals surface area contributed by atoms with E-state index in [1.807, 2.05) is 0 Å². The Balaban J connectivity index is 2.35. The Morgan fingerprint density at radius 1 is 0.465 bits per heavy atom. The van der Waals surface area contributed by atoms with E-state index >= 15 is 0 Å². The normalized spacial score (nSPS) is 14.8. The van der Waals surface area contributed by atoms with Crippen molar-refractivity contribution in [3.05, 3.63) is 48.5 Å². The minimum Gasteiger partial charge on any atom is -0.428 e. The highest BCUT2D eigenvalue weighted by Crippen LogP contribution is 2.64. The minimum atomic E-state index is -8.71. The molecule has 0 spiro atoms. The van der Waals surface area contributed by atoms with Gasteiger partial charge in [-0.25, -0.2) is 0 Å². The zero-order chi connectivity index (χ0) is 33.7. The number of alkyl halides is 17. The molecule has 0 aromatic heterocycles. The van der Waals surface area contributed by atoms with Gasteiger partial charge >= 0.3 is 47.8 Å². The van der Waals surface area contributed by atoms with Gasteiger partial charge < -0.3 is 9.64 Å². The van der Waals surface area contributed by atoms with E-state index in [-0.39, 0.29) is 23.5 Å². The third-order valence-electron chi connectivity index (χ3n) is 5.42. The number of anilines is 1. The Hall–Kier alpha value is -3.55. The quantitative estimate of drug-likeness (QED) is 0.178. The van der Waals surface area contributed by atoms with Gasteiger partial charge in [0.25, 0.3) is 0 Å². The third kappa shape index (κ3) is 5.85. The Morgan fingerprint density at radius 2 is 0.791 bits per heavy atom. The van der Waals surface area contributed by atoms with Crippen LogP contribution < -0.4 is 9.64 Å². The molecule has 0 atom stereocenters. The fourth-order valence-corrected chi connectivity index (χ4v) is 2.88. The van der Waals surface area contributed by atoms with Gasteiger partial charge in [0.05, 0.1) is 11.4 Å². The first-order valence-corrected chi connectivity index (χ1v) is 10.8. The Kier molecular flexibility index (Phi) is 9.01. The van der Waals surface area contributed by atoms with Crippen molar-refractivity contribution in [2.75, 3.05) is 19.0 Å². The monoisotopic (exact) mass is 659 g/mol. The first-order valence-electron chi connectivity index (χ1n) is 10.8. The van der Waals surface area contributed by atoms with E-state index in [2.05, 4.69) is 15.0 Å². The molecule has 0 saturated carbocycles. The van der Waals surface area contributed by atoms with Gasteiger partial charge in [0.15, 0.2) is 0 Å². The summed E-state index contributed by atoms with van der Waals surface area (Å²) in [7, 11) is 3.44. The van der Waals surface area contributed by atoms with E-state index in [1.54, 1.807) is 31.1 Å². The SMILES string of the molecule is CN(C)c1ccc(/N=N/c2ccc(OC(F)(F)C(F)(F)C(F)(F)C(F)(F)C(F)(F)C(F)(F)C(F)(F)C(F)(F)F)cc2)cc1. The molecule has 0 saturated heterocycles. The summed E-state index contributed by atoms with van der Waals surface area (Å²) < 4.78 is 230. The number of azo groups is 1. The molecule has 21 heteroatoms. The second-order valence-electron chi connectivity index (χ2n) is 8.67. The van der Waals surface area contributed by atoms with Gasteiger partial charge in [0.2, 0.25) is 0 Å². The van der Waals surface area contributed by atoms with E-state index in [9.17, 15) is 74.6 Å². The summed E-state index contributed by atoms with van der Waals surface area (Å²) in [5.41, 5.74) is 0.734. The van der Waals surface area contributed by atoms with Gasteiger partial charge in [-0.2, -0.15) is 84.9 Å². The van der Waals surface area contributed by atoms with Crippen LogP contribution in [0.25, 0.3) is 0 Å². The molecule has 2 aromatic carbocycles. The predicted molar refractivity (Wildman–Crippen MR) is 113 cm³/mol. The molecular weight excluding hydrogens is 645 g/mol. The van der Waals surface area contributed by atoms with E-state index in [4.69, 9.17) is 0 Å². The first-order chi connectivity index (χ1) is 19.1. The summed E-state index contributed by atoms with van der Waals surface area (Å²) in [5, 5.41) is 7.32. The predicted octanol–water partition coefficient (Wildman–Crippen LogP) is 9.51. The molecule has 0 radical (unpaired) electrons. The molecule has 2 rings (SSSR count). The first kappa shape index (κ1) is 35.6. The maximum Gasteiger partial charge on any atom is 0.471 e. The van der Waals surface area contributed by atoms with Crippen LogP contribution >= 0.6 is 0 Å². The van der Waals surface area contributed by atoms with Crippen molar-refractivity contribution in [2.45, 2.75) is 47.8 Å². The molecule has 0 heterocycles. The summed E-state index contributed by atoms with van der Waals surface area (Å²) in [6.45, 7) is 0. The van der Waals surface area contributed by atoms with Crippen molar-refractivity contribution in [1.82, 2.24) is 0 Å². The molecule has 0 amide bonds. The number of hydrogen-bond donors (Lipinski definition) is 0. The molecule has 4 nitrogen and oxygen atoms in total. The Morgan fingerprint density at radius 3 is 1.14 bits per heavy atom. The second-order valence-corrected chi connectivity index (χ2v) is 8.67. The standard InChI is InChI=1S/C22H14F17N3O/c1-42(2)13-7-3-11(4-8-13)40-41-12-5-9-14(10-6-12)43-22(38,39)20(33,34)18(29,30)16(25,26)15(23,24)17(27,28)19(31,32)21(35,36)37/h3-10H,1-2H3/b41-40+. The van der Waals surface area contributed by atoms with Gasteiger partial charge in [-0.3, -0.25) is 0 Å². The maximum atomic E-state index is 14.0. The number of rotatable bonds is 11. The highest BCUT2D eigenvalue weighted by Gasteiger charge is 2.95. The van der Waals surface area contributed by atoms with Crippen LogP contribution in [0.1, 0.15) is 0 Å². The molecule has 0 unspecified atom stereocenters. The highest BCUT2D eigenvalue weighted by atomic mass is 19.4. The number of hydrogen-bond acceptors (Lipinski definition) is 4. The number of halogens is 17. The summed E-state index contributed by atoms with van der Waals surface area (Å²) in [5.74, 6) is -52.1. The molecule has 0 aliphatic heterocycles. The van der Waals surface area contributed by atoms with Crippen molar-refractivity contribution in [2.24, 2.45) is 10.2 Å². The average Bonchev–Trinajstić information content (AvgIpc) is 2.87. The van der Waals surface area contributed by atoms with Crippen molar-refractivity contribution in [3.8, 4) is 5.75 Å². The van der Waals surface area contributed by atoms with Crippen molar-refractivity contribution >= 4 is 17.1 Å². The molecular formula is C22H14F17N3O. The van der Waals surface area contributed by atoms with Crippen molar-refractivity contribution in [1.29, 1.82) is 0 Å². The summed E-state index contributed by atoms with van der Waals surface area (Å²) in [4.78, 5) is 1.73. The highest BCUT2D eigenvalue weighted by molar-refractivity contribution is 5.52. The molecule has 0 N–H and O–H groups in total. The lowest BCUT2D eigenvalue weighted by atomic mass is 9.90. The van der Waals surface area contributed by atoms with Crippen LogP contribution in [0, 0.1) is 0 Å². The second kappa shape index (κ2) is 10.9. The summed E-state index contributed by atoms with van der Waals surface area (Å²) in [6, 6.07) is 8.01. The van der Waals surface area contributed by atoms with Gasteiger partial charge in [-0.1, -0.05) is 0 Å². The smallest absolute Gasteiger partial charge is 0.428 e. The van der Waals surface area contributed by atoms with Crippen LogP contribution in [0.15, 0.2) is 58.8 Å². The number of ether oxygens (including phenoxy) is 1. The molecule has 0 fully saturated rings. The van der Waals surface area contributed by atoms with E-state index in [0.29, 0.717) is 12.1 Å². The maximum absolute atomic E-state index is 14.0. The Labute approximate surface area is 228 Å². The lowest BCUT2D eigenvalue weighted by Crippen LogP contribution is -2.74. The van der Waals surface area contributed by atoms with Crippen LogP contribution in [0.5, 0.6) is 5.75 Å². The lowest BCUT2D eigenvalue weighted by Gasteiger charge is -2.42.